The SMILES string of the molecule is CCNC(=O)CN1CCCN(C(=O)CN(C)S(=O)(=O)c2ccccc2)CC1. The minimum Gasteiger partial charge on any atom is -0.355 e. The largest absolute Gasteiger partial charge is 0.355 e. The summed E-state index contributed by atoms with van der Waals surface area (Å²) in [5.41, 5.74) is 0. The molecule has 150 valence electrons. The second kappa shape index (κ2) is 9.82. The summed E-state index contributed by atoms with van der Waals surface area (Å²) in [6.07, 6.45) is 0.750. The normalized spacial score (nSPS) is 16.2. The summed E-state index contributed by atoms with van der Waals surface area (Å²) in [5.74, 6) is -0.247. The van der Waals surface area contributed by atoms with E-state index in [9.17, 15) is 18.0 Å². The molecule has 1 aromatic rings. The number of benzene rings is 1. The lowest BCUT2D eigenvalue weighted by atomic mass is 10.3. The van der Waals surface area contributed by atoms with Gasteiger partial charge in [0.05, 0.1) is 18.0 Å². The van der Waals surface area contributed by atoms with Gasteiger partial charge in [-0.05, 0) is 25.5 Å². The Balaban J connectivity index is 1.91. The van der Waals surface area contributed by atoms with E-state index in [4.69, 9.17) is 0 Å². The molecule has 1 heterocycles. The Morgan fingerprint density at radius 3 is 2.48 bits per heavy atom. The van der Waals surface area contributed by atoms with E-state index in [1.807, 2.05) is 11.8 Å². The van der Waals surface area contributed by atoms with Crippen LogP contribution < -0.4 is 5.32 Å². The van der Waals surface area contributed by atoms with Crippen molar-refractivity contribution in [1.29, 1.82) is 0 Å². The Morgan fingerprint density at radius 1 is 1.11 bits per heavy atom. The van der Waals surface area contributed by atoms with Crippen LogP contribution in [-0.2, 0) is 19.6 Å². The molecule has 9 heteroatoms. The Labute approximate surface area is 161 Å². The smallest absolute Gasteiger partial charge is 0.243 e. The van der Waals surface area contributed by atoms with Crippen molar-refractivity contribution in [2.24, 2.45) is 0 Å². The highest BCUT2D eigenvalue weighted by atomic mass is 32.2. The summed E-state index contributed by atoms with van der Waals surface area (Å²) >= 11 is 0. The second-order valence-electron chi connectivity index (χ2n) is 6.54. The zero-order chi connectivity index (χ0) is 19.9. The van der Waals surface area contributed by atoms with Crippen molar-refractivity contribution in [2.45, 2.75) is 18.2 Å². The molecule has 1 aromatic carbocycles. The maximum Gasteiger partial charge on any atom is 0.243 e. The van der Waals surface area contributed by atoms with Gasteiger partial charge in [0.25, 0.3) is 0 Å². The van der Waals surface area contributed by atoms with Crippen LogP contribution in [0.25, 0.3) is 0 Å². The van der Waals surface area contributed by atoms with Crippen molar-refractivity contribution < 1.29 is 18.0 Å². The van der Waals surface area contributed by atoms with Gasteiger partial charge in [-0.2, -0.15) is 4.31 Å². The van der Waals surface area contributed by atoms with Crippen molar-refractivity contribution in [2.75, 3.05) is 52.9 Å². The fraction of sp³-hybridized carbons (Fsp3) is 0.556. The Kier molecular flexibility index (Phi) is 7.76. The summed E-state index contributed by atoms with van der Waals surface area (Å²) in [7, 11) is -2.28. The molecule has 2 rings (SSSR count). The maximum absolute atomic E-state index is 12.6. The van der Waals surface area contributed by atoms with E-state index in [1.54, 1.807) is 23.1 Å². The molecular formula is C18H28N4O4S. The standard InChI is InChI=1S/C18H28N4O4S/c1-3-19-17(23)14-21-10-7-11-22(13-12-21)18(24)15-20(2)27(25,26)16-8-5-4-6-9-16/h4-6,8-9H,3,7,10-15H2,1-2H3,(H,19,23). The van der Waals surface area contributed by atoms with Gasteiger partial charge in [-0.15, -0.1) is 0 Å². The zero-order valence-corrected chi connectivity index (χ0v) is 16.7. The number of hydrogen-bond acceptors (Lipinski definition) is 5. The zero-order valence-electron chi connectivity index (χ0n) is 15.9. The number of sulfonamides is 1. The Bertz CT molecular complexity index is 739. The third kappa shape index (κ3) is 6.02. The molecule has 8 nitrogen and oxygen atoms in total. The van der Waals surface area contributed by atoms with Gasteiger partial charge >= 0.3 is 0 Å². The highest BCUT2D eigenvalue weighted by Crippen LogP contribution is 2.14. The fourth-order valence-electron chi connectivity index (χ4n) is 2.98. The fourth-order valence-corrected chi connectivity index (χ4v) is 4.12. The molecule has 0 radical (unpaired) electrons. The lowest BCUT2D eigenvalue weighted by molar-refractivity contribution is -0.131. The van der Waals surface area contributed by atoms with E-state index in [1.165, 1.54) is 19.2 Å². The van der Waals surface area contributed by atoms with Crippen LogP contribution >= 0.6 is 0 Å². The average molecular weight is 397 g/mol. The van der Waals surface area contributed by atoms with Crippen LogP contribution in [0.5, 0.6) is 0 Å². The summed E-state index contributed by atoms with van der Waals surface area (Å²) < 4.78 is 26.2. The van der Waals surface area contributed by atoms with Crippen LogP contribution in [0.4, 0.5) is 0 Å². The van der Waals surface area contributed by atoms with Crippen molar-refractivity contribution in [3.63, 3.8) is 0 Å². The highest BCUT2D eigenvalue weighted by molar-refractivity contribution is 7.89. The van der Waals surface area contributed by atoms with Crippen LogP contribution in [0.2, 0.25) is 0 Å². The number of rotatable bonds is 7. The summed E-state index contributed by atoms with van der Waals surface area (Å²) in [6, 6.07) is 8.08. The molecule has 0 bridgehead atoms. The predicted molar refractivity (Wildman–Crippen MR) is 103 cm³/mol. The molecule has 0 spiro atoms. The average Bonchev–Trinajstić information content (AvgIpc) is 2.88. The van der Waals surface area contributed by atoms with Gasteiger partial charge in [-0.25, -0.2) is 8.42 Å². The number of amides is 2. The van der Waals surface area contributed by atoms with Gasteiger partial charge in [0.1, 0.15) is 0 Å². The number of carbonyl (C=O) groups excluding carboxylic acids is 2. The van der Waals surface area contributed by atoms with E-state index in [0.717, 1.165) is 17.3 Å². The van der Waals surface area contributed by atoms with E-state index in [-0.39, 0.29) is 23.3 Å². The molecule has 0 saturated carbocycles. The molecule has 1 aliphatic heterocycles. The van der Waals surface area contributed by atoms with Crippen LogP contribution in [0.15, 0.2) is 35.2 Å². The minimum absolute atomic E-state index is 0.0223. The molecule has 2 amide bonds. The predicted octanol–water partition coefficient (Wildman–Crippen LogP) is -0.0225. The number of carbonyl (C=O) groups is 2. The summed E-state index contributed by atoms with van der Waals surface area (Å²) in [6.45, 7) is 4.96. The van der Waals surface area contributed by atoms with Gasteiger partial charge in [0.15, 0.2) is 0 Å². The summed E-state index contributed by atoms with van der Waals surface area (Å²) in [5, 5.41) is 2.77. The van der Waals surface area contributed by atoms with Gasteiger partial charge < -0.3 is 10.2 Å². The van der Waals surface area contributed by atoms with Crippen molar-refractivity contribution in [1.82, 2.24) is 19.4 Å². The number of nitrogens with zero attached hydrogens (tertiary/aromatic N) is 3. The molecule has 1 aliphatic rings. The van der Waals surface area contributed by atoms with E-state index in [2.05, 4.69) is 5.32 Å². The summed E-state index contributed by atoms with van der Waals surface area (Å²) in [4.78, 5) is 28.2. The molecule has 0 atom stereocenters. The van der Waals surface area contributed by atoms with E-state index < -0.39 is 10.0 Å². The Morgan fingerprint density at radius 2 is 1.81 bits per heavy atom. The lowest BCUT2D eigenvalue weighted by Crippen LogP contribution is -2.43. The van der Waals surface area contributed by atoms with Crippen LogP contribution in [0.1, 0.15) is 13.3 Å². The van der Waals surface area contributed by atoms with Gasteiger partial charge in [0, 0.05) is 39.8 Å². The highest BCUT2D eigenvalue weighted by Gasteiger charge is 2.26. The molecule has 1 saturated heterocycles. The van der Waals surface area contributed by atoms with Crippen molar-refractivity contribution in [3.8, 4) is 0 Å². The molecule has 0 unspecified atom stereocenters. The second-order valence-corrected chi connectivity index (χ2v) is 8.58. The van der Waals surface area contributed by atoms with Gasteiger partial charge in [0.2, 0.25) is 21.8 Å². The van der Waals surface area contributed by atoms with Crippen LogP contribution in [-0.4, -0.2) is 87.2 Å². The maximum atomic E-state index is 12.6. The van der Waals surface area contributed by atoms with Crippen molar-refractivity contribution in [3.05, 3.63) is 30.3 Å². The molecule has 0 aromatic heterocycles. The molecule has 27 heavy (non-hydrogen) atoms. The molecule has 1 fully saturated rings. The van der Waals surface area contributed by atoms with Crippen molar-refractivity contribution >= 4 is 21.8 Å². The number of hydrogen-bond donors (Lipinski definition) is 1. The van der Waals surface area contributed by atoms with E-state index >= 15 is 0 Å². The monoisotopic (exact) mass is 396 g/mol. The van der Waals surface area contributed by atoms with Crippen LogP contribution in [0, 0.1) is 0 Å². The lowest BCUT2D eigenvalue weighted by Gasteiger charge is -2.24. The van der Waals surface area contributed by atoms with Crippen LogP contribution in [0.3, 0.4) is 0 Å². The van der Waals surface area contributed by atoms with Gasteiger partial charge in [-0.3, -0.25) is 14.5 Å². The molecule has 1 N–H and O–H groups in total. The topological polar surface area (TPSA) is 90.0 Å². The third-order valence-electron chi connectivity index (χ3n) is 4.49. The first-order valence-electron chi connectivity index (χ1n) is 9.12. The first kappa shape index (κ1) is 21.3. The van der Waals surface area contributed by atoms with E-state index in [0.29, 0.717) is 32.7 Å². The number of nitrogens with one attached hydrogen (secondary N) is 1. The third-order valence-corrected chi connectivity index (χ3v) is 6.31. The number of likely N-dealkylation sites (N-methyl/N-ethyl adjacent to an activating group) is 2. The van der Waals surface area contributed by atoms with Gasteiger partial charge in [-0.1, -0.05) is 18.2 Å². The quantitative estimate of drug-likeness (QED) is 0.700. The minimum atomic E-state index is -3.69. The molecule has 0 aliphatic carbocycles. The first-order valence-corrected chi connectivity index (χ1v) is 10.6. The first-order chi connectivity index (χ1) is 12.8. The Hall–Kier alpha value is -1.97. The molecular weight excluding hydrogens is 368 g/mol.